The van der Waals surface area contributed by atoms with Crippen LogP contribution in [0.2, 0.25) is 0 Å². The summed E-state index contributed by atoms with van der Waals surface area (Å²) in [4.78, 5) is 10.9. The van der Waals surface area contributed by atoms with Crippen LogP contribution >= 0.6 is 0 Å². The highest BCUT2D eigenvalue weighted by Crippen LogP contribution is 2.25. The van der Waals surface area contributed by atoms with E-state index in [1.165, 1.54) is 12.1 Å². The largest absolute Gasteiger partial charge is 0.423 e. The number of carbonyl (C=O) groups is 1. The first-order valence-corrected chi connectivity index (χ1v) is 3.94. The molecule has 0 N–H and O–H groups in total. The van der Waals surface area contributed by atoms with Crippen molar-refractivity contribution in [1.29, 1.82) is 0 Å². The molecule has 2 nitrogen and oxygen atoms in total. The Morgan fingerprint density at radius 2 is 1.73 bits per heavy atom. The van der Waals surface area contributed by atoms with E-state index in [-0.39, 0.29) is 5.75 Å². The molecule has 1 aromatic carbocycles. The Kier molecular flexibility index (Phi) is 3.14. The zero-order valence-electron chi connectivity index (χ0n) is 7.54. The number of hydrogen-bond acceptors (Lipinski definition) is 2. The molecule has 0 aliphatic heterocycles. The summed E-state index contributed by atoms with van der Waals surface area (Å²) in [5.74, 6) is -1.44. The summed E-state index contributed by atoms with van der Waals surface area (Å²) in [6.45, 7) is 2.62. The van der Waals surface area contributed by atoms with E-state index in [2.05, 4.69) is 11.3 Å². The first-order valence-electron chi connectivity index (χ1n) is 3.94. The average Bonchev–Trinajstić information content (AvgIpc) is 2.16. The maximum absolute atomic E-state index is 12.0. The van der Waals surface area contributed by atoms with Gasteiger partial charge in [0.1, 0.15) is 11.3 Å². The number of esters is 1. The minimum atomic E-state index is -4.76. The van der Waals surface area contributed by atoms with Crippen LogP contribution in [0.3, 0.4) is 0 Å². The van der Waals surface area contributed by atoms with Crippen LogP contribution in [-0.4, -0.2) is 12.1 Å². The molecule has 5 heteroatoms. The van der Waals surface area contributed by atoms with Gasteiger partial charge in [0.2, 0.25) is 0 Å². The molecule has 0 amide bonds. The zero-order chi connectivity index (χ0) is 11.5. The van der Waals surface area contributed by atoms with E-state index in [1.54, 1.807) is 18.2 Å². The molecule has 0 aliphatic rings. The summed E-state index contributed by atoms with van der Waals surface area (Å²) in [6, 6.07) is 7.48. The quantitative estimate of drug-likeness (QED) is 0.431. The lowest BCUT2D eigenvalue weighted by Gasteiger charge is -2.08. The molecule has 0 aromatic heterocycles. The number of hydrogen-bond donors (Lipinski definition) is 0. The second kappa shape index (κ2) is 4.16. The Balaban J connectivity index is 2.69. The number of halogens is 3. The molecule has 0 unspecified atom stereocenters. The lowest BCUT2D eigenvalue weighted by atomic mass is 10.3. The standard InChI is InChI=1S/C10H7F3O2/c1-7(10(11,12)13)9(14)15-8-5-3-2-4-6-8/h2-6H,1H2. The second-order valence-corrected chi connectivity index (χ2v) is 2.68. The molecule has 0 heterocycles. The lowest BCUT2D eigenvalue weighted by Crippen LogP contribution is -2.23. The third kappa shape index (κ3) is 3.12. The number of benzene rings is 1. The summed E-state index contributed by atoms with van der Waals surface area (Å²) in [6.07, 6.45) is -4.76. The molecule has 0 radical (unpaired) electrons. The third-order valence-electron chi connectivity index (χ3n) is 1.54. The Labute approximate surface area is 84.0 Å². The smallest absolute Gasteiger partial charge is 0.422 e. The summed E-state index contributed by atoms with van der Waals surface area (Å²) in [5, 5.41) is 0. The van der Waals surface area contributed by atoms with Crippen LogP contribution in [0.25, 0.3) is 0 Å². The van der Waals surface area contributed by atoms with Crippen molar-refractivity contribution in [3.63, 3.8) is 0 Å². The van der Waals surface area contributed by atoms with Gasteiger partial charge in [-0.2, -0.15) is 13.2 Å². The van der Waals surface area contributed by atoms with Crippen molar-refractivity contribution in [1.82, 2.24) is 0 Å². The van der Waals surface area contributed by atoms with Gasteiger partial charge < -0.3 is 4.74 Å². The molecule has 0 fully saturated rings. The van der Waals surface area contributed by atoms with Gasteiger partial charge in [0.25, 0.3) is 0 Å². The minimum absolute atomic E-state index is 0.0490. The number of ether oxygens (including phenoxy) is 1. The van der Waals surface area contributed by atoms with E-state index in [4.69, 9.17) is 0 Å². The van der Waals surface area contributed by atoms with Crippen molar-refractivity contribution in [3.8, 4) is 5.75 Å². The van der Waals surface area contributed by atoms with Crippen molar-refractivity contribution in [2.24, 2.45) is 0 Å². The average molecular weight is 216 g/mol. The van der Waals surface area contributed by atoms with Gasteiger partial charge in [0, 0.05) is 0 Å². The number of para-hydroxylation sites is 1. The highest BCUT2D eigenvalue weighted by atomic mass is 19.4. The Morgan fingerprint density at radius 1 is 1.20 bits per heavy atom. The zero-order valence-corrected chi connectivity index (χ0v) is 7.54. The van der Waals surface area contributed by atoms with Crippen LogP contribution in [0.4, 0.5) is 13.2 Å². The van der Waals surface area contributed by atoms with E-state index in [0.29, 0.717) is 0 Å². The SMILES string of the molecule is C=C(C(=O)Oc1ccccc1)C(F)(F)F. The summed E-state index contributed by atoms with van der Waals surface area (Å²) in [5.41, 5.74) is -1.52. The number of carbonyl (C=O) groups excluding carboxylic acids is 1. The van der Waals surface area contributed by atoms with Gasteiger partial charge in [-0.05, 0) is 12.1 Å². The van der Waals surface area contributed by atoms with E-state index in [9.17, 15) is 18.0 Å². The highest BCUT2D eigenvalue weighted by Gasteiger charge is 2.38. The molecule has 1 rings (SSSR count). The first-order chi connectivity index (χ1) is 6.91. The second-order valence-electron chi connectivity index (χ2n) is 2.68. The Hall–Kier alpha value is -1.78. The van der Waals surface area contributed by atoms with Crippen LogP contribution in [0.1, 0.15) is 0 Å². The number of alkyl halides is 3. The fourth-order valence-corrected chi connectivity index (χ4v) is 0.773. The van der Waals surface area contributed by atoms with Crippen LogP contribution in [0.15, 0.2) is 42.5 Å². The summed E-state index contributed by atoms with van der Waals surface area (Å²) < 4.78 is 40.4. The molecule has 0 saturated carbocycles. The first kappa shape index (κ1) is 11.3. The molecule has 0 aliphatic carbocycles. The Bertz CT molecular complexity index is 368. The monoisotopic (exact) mass is 216 g/mol. The van der Waals surface area contributed by atoms with E-state index in [0.717, 1.165) is 0 Å². The fourth-order valence-electron chi connectivity index (χ4n) is 0.773. The van der Waals surface area contributed by atoms with Crippen molar-refractivity contribution in [2.45, 2.75) is 6.18 Å². The van der Waals surface area contributed by atoms with Gasteiger partial charge in [0.15, 0.2) is 0 Å². The molecule has 80 valence electrons. The van der Waals surface area contributed by atoms with Gasteiger partial charge in [-0.3, -0.25) is 0 Å². The lowest BCUT2D eigenvalue weighted by molar-refractivity contribution is -0.142. The molecule has 0 atom stereocenters. The van der Waals surface area contributed by atoms with Crippen molar-refractivity contribution in [3.05, 3.63) is 42.5 Å². The Morgan fingerprint density at radius 3 is 2.20 bits per heavy atom. The van der Waals surface area contributed by atoms with E-state index in [1.807, 2.05) is 0 Å². The molecular formula is C10H7F3O2. The number of rotatable bonds is 2. The van der Waals surface area contributed by atoms with Gasteiger partial charge in [0.05, 0.1) is 0 Å². The molecule has 15 heavy (non-hydrogen) atoms. The van der Waals surface area contributed by atoms with E-state index >= 15 is 0 Å². The fraction of sp³-hybridized carbons (Fsp3) is 0.100. The van der Waals surface area contributed by atoms with Gasteiger partial charge >= 0.3 is 12.1 Å². The van der Waals surface area contributed by atoms with Crippen LogP contribution in [0, 0.1) is 0 Å². The maximum Gasteiger partial charge on any atom is 0.422 e. The molecule has 0 spiro atoms. The molecule has 1 aromatic rings. The van der Waals surface area contributed by atoms with Gasteiger partial charge in [-0.1, -0.05) is 24.8 Å². The predicted molar refractivity (Wildman–Crippen MR) is 47.3 cm³/mol. The van der Waals surface area contributed by atoms with Crippen LogP contribution < -0.4 is 4.74 Å². The molecular weight excluding hydrogens is 209 g/mol. The van der Waals surface area contributed by atoms with Crippen LogP contribution in [0.5, 0.6) is 5.75 Å². The van der Waals surface area contributed by atoms with Crippen molar-refractivity contribution >= 4 is 5.97 Å². The highest BCUT2D eigenvalue weighted by molar-refractivity contribution is 5.90. The summed E-state index contributed by atoms with van der Waals surface area (Å²) in [7, 11) is 0. The minimum Gasteiger partial charge on any atom is -0.423 e. The molecule has 0 bridgehead atoms. The summed E-state index contributed by atoms with van der Waals surface area (Å²) >= 11 is 0. The predicted octanol–water partition coefficient (Wildman–Crippen LogP) is 2.71. The van der Waals surface area contributed by atoms with Crippen molar-refractivity contribution < 1.29 is 22.7 Å². The third-order valence-corrected chi connectivity index (χ3v) is 1.54. The normalized spacial score (nSPS) is 10.9. The maximum atomic E-state index is 12.0. The topological polar surface area (TPSA) is 26.3 Å². The van der Waals surface area contributed by atoms with Gasteiger partial charge in [-0.15, -0.1) is 0 Å². The van der Waals surface area contributed by atoms with Crippen molar-refractivity contribution in [2.75, 3.05) is 0 Å². The van der Waals surface area contributed by atoms with Crippen LogP contribution in [-0.2, 0) is 4.79 Å². The van der Waals surface area contributed by atoms with E-state index < -0.39 is 17.7 Å². The van der Waals surface area contributed by atoms with Gasteiger partial charge in [-0.25, -0.2) is 4.79 Å². The molecule has 0 saturated heterocycles.